The number of benzene rings is 2. The average Bonchev–Trinajstić information content (AvgIpc) is 2.60. The van der Waals surface area contributed by atoms with Crippen molar-refractivity contribution < 1.29 is 22.6 Å². The zero-order valence-corrected chi connectivity index (χ0v) is 15.3. The molecule has 0 aliphatic carbocycles. The predicted molar refractivity (Wildman–Crippen MR) is 98.8 cm³/mol. The van der Waals surface area contributed by atoms with Crippen LogP contribution in [0.5, 0.6) is 11.5 Å². The van der Waals surface area contributed by atoms with Gasteiger partial charge in [0.05, 0.1) is 25.8 Å². The fraction of sp³-hybridized carbons (Fsp3) is 0.278. The number of alkyl halides is 3. The van der Waals surface area contributed by atoms with Gasteiger partial charge in [-0.2, -0.15) is 13.2 Å². The van der Waals surface area contributed by atoms with E-state index in [4.69, 9.17) is 21.7 Å². The molecule has 0 aromatic heterocycles. The minimum Gasteiger partial charge on any atom is -0.493 e. The molecule has 0 heterocycles. The second kappa shape index (κ2) is 8.27. The third kappa shape index (κ3) is 5.01. The molecule has 0 bridgehead atoms. The average molecular weight is 384 g/mol. The summed E-state index contributed by atoms with van der Waals surface area (Å²) in [6.45, 7) is 1.88. The van der Waals surface area contributed by atoms with E-state index in [1.807, 2.05) is 19.1 Å². The van der Waals surface area contributed by atoms with Crippen LogP contribution in [-0.2, 0) is 6.18 Å². The van der Waals surface area contributed by atoms with Gasteiger partial charge < -0.3 is 20.1 Å². The summed E-state index contributed by atoms with van der Waals surface area (Å²) in [4.78, 5) is 0. The highest BCUT2D eigenvalue weighted by molar-refractivity contribution is 7.80. The lowest BCUT2D eigenvalue weighted by Gasteiger charge is -2.19. The van der Waals surface area contributed by atoms with Crippen LogP contribution in [-0.4, -0.2) is 19.3 Å². The van der Waals surface area contributed by atoms with Crippen molar-refractivity contribution in [2.24, 2.45) is 0 Å². The molecular formula is C18H19F3N2O2S. The molecule has 2 aromatic carbocycles. The van der Waals surface area contributed by atoms with Crippen molar-refractivity contribution >= 4 is 23.0 Å². The summed E-state index contributed by atoms with van der Waals surface area (Å²) in [6.07, 6.45) is -4.40. The summed E-state index contributed by atoms with van der Waals surface area (Å²) in [5, 5.41) is 6.02. The monoisotopic (exact) mass is 384 g/mol. The van der Waals surface area contributed by atoms with E-state index in [9.17, 15) is 13.2 Å². The fourth-order valence-corrected chi connectivity index (χ4v) is 2.64. The smallest absolute Gasteiger partial charge is 0.416 e. The predicted octanol–water partition coefficient (Wildman–Crippen LogP) is 4.77. The molecule has 26 heavy (non-hydrogen) atoms. The highest BCUT2D eigenvalue weighted by Gasteiger charge is 2.30. The molecule has 2 aromatic rings. The Labute approximate surface area is 155 Å². The maximum absolute atomic E-state index is 12.8. The number of methoxy groups -OCH3 is 2. The van der Waals surface area contributed by atoms with E-state index in [0.717, 1.165) is 17.7 Å². The number of anilines is 1. The zero-order valence-electron chi connectivity index (χ0n) is 14.5. The van der Waals surface area contributed by atoms with E-state index in [2.05, 4.69) is 10.6 Å². The first-order valence-electron chi connectivity index (χ1n) is 7.71. The Kier molecular flexibility index (Phi) is 6.31. The third-order valence-electron chi connectivity index (χ3n) is 3.70. The number of nitrogens with one attached hydrogen (secondary N) is 2. The Morgan fingerprint density at radius 2 is 1.73 bits per heavy atom. The van der Waals surface area contributed by atoms with E-state index in [-0.39, 0.29) is 16.8 Å². The second-order valence-corrected chi connectivity index (χ2v) is 5.92. The lowest BCUT2D eigenvalue weighted by Crippen LogP contribution is -2.31. The summed E-state index contributed by atoms with van der Waals surface area (Å²) < 4.78 is 48.8. The first-order chi connectivity index (χ1) is 12.2. The summed E-state index contributed by atoms with van der Waals surface area (Å²) in [7, 11) is 3.09. The second-order valence-electron chi connectivity index (χ2n) is 5.51. The van der Waals surface area contributed by atoms with Gasteiger partial charge in [-0.1, -0.05) is 12.1 Å². The number of thiocarbonyl (C=S) groups is 1. The molecule has 0 aliphatic heterocycles. The van der Waals surface area contributed by atoms with Crippen LogP contribution in [0.2, 0.25) is 0 Å². The van der Waals surface area contributed by atoms with Crippen molar-refractivity contribution in [1.29, 1.82) is 0 Å². The van der Waals surface area contributed by atoms with Crippen molar-refractivity contribution in [3.05, 3.63) is 53.6 Å². The van der Waals surface area contributed by atoms with Crippen LogP contribution in [0, 0.1) is 0 Å². The molecule has 1 unspecified atom stereocenters. The van der Waals surface area contributed by atoms with Gasteiger partial charge >= 0.3 is 6.18 Å². The number of hydrogen-bond acceptors (Lipinski definition) is 3. The molecule has 0 spiro atoms. The van der Waals surface area contributed by atoms with E-state index in [0.29, 0.717) is 11.5 Å². The van der Waals surface area contributed by atoms with Crippen LogP contribution < -0.4 is 20.1 Å². The highest BCUT2D eigenvalue weighted by Crippen LogP contribution is 2.31. The molecule has 0 aliphatic rings. The first-order valence-corrected chi connectivity index (χ1v) is 8.12. The van der Waals surface area contributed by atoms with E-state index in [1.54, 1.807) is 20.3 Å². The Morgan fingerprint density at radius 1 is 1.04 bits per heavy atom. The molecule has 0 saturated carbocycles. The van der Waals surface area contributed by atoms with Crippen molar-refractivity contribution in [1.82, 2.24) is 5.32 Å². The van der Waals surface area contributed by atoms with Gasteiger partial charge in [0.2, 0.25) is 0 Å². The van der Waals surface area contributed by atoms with E-state index in [1.165, 1.54) is 12.1 Å². The minimum absolute atomic E-state index is 0.194. The molecule has 140 valence electrons. The van der Waals surface area contributed by atoms with Gasteiger partial charge in [-0.25, -0.2) is 0 Å². The molecule has 2 N–H and O–H groups in total. The quantitative estimate of drug-likeness (QED) is 0.727. The van der Waals surface area contributed by atoms with Crippen LogP contribution in [0.15, 0.2) is 42.5 Å². The van der Waals surface area contributed by atoms with Crippen molar-refractivity contribution in [2.75, 3.05) is 19.5 Å². The Hall–Kier alpha value is -2.48. The normalized spacial score (nSPS) is 12.2. The first kappa shape index (κ1) is 19.8. The lowest BCUT2D eigenvalue weighted by molar-refractivity contribution is -0.137. The molecule has 4 nitrogen and oxygen atoms in total. The van der Waals surface area contributed by atoms with Gasteiger partial charge in [0.15, 0.2) is 16.6 Å². The van der Waals surface area contributed by atoms with Gasteiger partial charge in [0, 0.05) is 5.69 Å². The molecule has 0 radical (unpaired) electrons. The maximum Gasteiger partial charge on any atom is 0.416 e. The molecule has 0 amide bonds. The van der Waals surface area contributed by atoms with Crippen LogP contribution in [0.4, 0.5) is 18.9 Å². The number of halogens is 3. The van der Waals surface area contributed by atoms with Crippen LogP contribution in [0.3, 0.4) is 0 Å². The largest absolute Gasteiger partial charge is 0.493 e. The fourth-order valence-electron chi connectivity index (χ4n) is 2.34. The zero-order chi connectivity index (χ0) is 19.3. The van der Waals surface area contributed by atoms with Crippen molar-refractivity contribution in [2.45, 2.75) is 19.1 Å². The number of hydrogen-bond donors (Lipinski definition) is 2. The van der Waals surface area contributed by atoms with Gasteiger partial charge in [-0.3, -0.25) is 0 Å². The summed E-state index contributed by atoms with van der Waals surface area (Å²) in [6, 6.07) is 10.1. The molecule has 1 atom stereocenters. The van der Waals surface area contributed by atoms with Crippen LogP contribution in [0.1, 0.15) is 24.1 Å². The number of rotatable bonds is 5. The molecule has 8 heteroatoms. The Balaban J connectivity index is 2.06. The van der Waals surface area contributed by atoms with Gasteiger partial charge in [-0.15, -0.1) is 0 Å². The Morgan fingerprint density at radius 3 is 2.35 bits per heavy atom. The lowest BCUT2D eigenvalue weighted by atomic mass is 10.1. The topological polar surface area (TPSA) is 42.5 Å². The van der Waals surface area contributed by atoms with E-state index < -0.39 is 11.7 Å². The van der Waals surface area contributed by atoms with Gasteiger partial charge in [0.1, 0.15) is 0 Å². The highest BCUT2D eigenvalue weighted by atomic mass is 32.1. The summed E-state index contributed by atoms with van der Waals surface area (Å²) in [5.41, 5.74) is 0.408. The van der Waals surface area contributed by atoms with Crippen LogP contribution >= 0.6 is 12.2 Å². The minimum atomic E-state index is -4.40. The van der Waals surface area contributed by atoms with Crippen LogP contribution in [0.25, 0.3) is 0 Å². The third-order valence-corrected chi connectivity index (χ3v) is 3.92. The Bertz CT molecular complexity index is 781. The van der Waals surface area contributed by atoms with E-state index >= 15 is 0 Å². The van der Waals surface area contributed by atoms with Gasteiger partial charge in [0.25, 0.3) is 0 Å². The summed E-state index contributed by atoms with van der Waals surface area (Å²) >= 11 is 5.20. The number of ether oxygens (including phenoxy) is 2. The van der Waals surface area contributed by atoms with Gasteiger partial charge in [-0.05, 0) is 55.0 Å². The van der Waals surface area contributed by atoms with Crippen molar-refractivity contribution in [3.8, 4) is 11.5 Å². The standard InChI is InChI=1S/C18H19F3N2O2S/c1-11(12-7-8-15(24-2)16(9-12)25-3)22-17(26)23-14-6-4-5-13(10-14)18(19,20)21/h4-11H,1-3H3,(H2,22,23,26). The SMILES string of the molecule is COc1ccc(C(C)NC(=S)Nc2cccc(C(F)(F)F)c2)cc1OC. The molecule has 0 fully saturated rings. The van der Waals surface area contributed by atoms with Crippen molar-refractivity contribution in [3.63, 3.8) is 0 Å². The molecule has 2 rings (SSSR count). The molecule has 0 saturated heterocycles. The molecular weight excluding hydrogens is 365 g/mol. The maximum atomic E-state index is 12.8. The summed E-state index contributed by atoms with van der Waals surface area (Å²) in [5.74, 6) is 1.18.